The van der Waals surface area contributed by atoms with Gasteiger partial charge in [0, 0.05) is 5.92 Å². The number of nitrogens with two attached hydrogens (primary N) is 1. The third-order valence-corrected chi connectivity index (χ3v) is 6.25. The Kier molecular flexibility index (Phi) is 7.29. The van der Waals surface area contributed by atoms with Crippen LogP contribution in [0, 0.1) is 11.8 Å². The summed E-state index contributed by atoms with van der Waals surface area (Å²) in [7, 11) is 0. The van der Waals surface area contributed by atoms with E-state index in [1.807, 2.05) is 13.0 Å². The molecular formula is C24H25F6NO2. The average molecular weight is 473 g/mol. The normalized spacial score (nSPS) is 20.3. The van der Waals surface area contributed by atoms with E-state index >= 15 is 0 Å². The van der Waals surface area contributed by atoms with E-state index in [1.165, 1.54) is 0 Å². The maximum Gasteiger partial charge on any atom is 0.416 e. The number of ether oxygens (including phenoxy) is 1. The number of hydrogen-bond acceptors (Lipinski definition) is 2. The zero-order valence-electron chi connectivity index (χ0n) is 18.0. The molecule has 3 nitrogen and oxygen atoms in total. The first kappa shape index (κ1) is 24.9. The number of rotatable bonds is 6. The van der Waals surface area contributed by atoms with Gasteiger partial charge in [-0.15, -0.1) is 0 Å². The Balaban J connectivity index is 1.76. The molecule has 33 heavy (non-hydrogen) atoms. The Morgan fingerprint density at radius 2 is 1.67 bits per heavy atom. The molecule has 0 heterocycles. The summed E-state index contributed by atoms with van der Waals surface area (Å²) in [5.74, 6) is 0.104. The molecule has 2 N–H and O–H groups in total. The summed E-state index contributed by atoms with van der Waals surface area (Å²) in [6.45, 7) is 1.38. The highest BCUT2D eigenvalue weighted by Gasteiger charge is 2.37. The van der Waals surface area contributed by atoms with Crippen molar-refractivity contribution in [3.8, 4) is 5.75 Å². The van der Waals surface area contributed by atoms with Crippen LogP contribution >= 0.6 is 0 Å². The predicted octanol–water partition coefficient (Wildman–Crippen LogP) is 6.70. The van der Waals surface area contributed by atoms with Crippen LogP contribution in [0.1, 0.15) is 60.8 Å². The molecule has 0 saturated heterocycles. The highest BCUT2D eigenvalue weighted by atomic mass is 19.4. The molecule has 0 bridgehead atoms. The van der Waals surface area contributed by atoms with Crippen molar-refractivity contribution in [2.45, 2.75) is 57.5 Å². The van der Waals surface area contributed by atoms with Crippen molar-refractivity contribution < 1.29 is 35.9 Å². The Morgan fingerprint density at radius 1 is 1.03 bits per heavy atom. The molecule has 3 rings (SSSR count). The maximum absolute atomic E-state index is 13.1. The topological polar surface area (TPSA) is 52.3 Å². The fraction of sp³-hybridized carbons (Fsp3) is 0.458. The van der Waals surface area contributed by atoms with Gasteiger partial charge in [-0.05, 0) is 72.6 Å². The molecule has 3 unspecified atom stereocenters. The van der Waals surface area contributed by atoms with Gasteiger partial charge in [0.25, 0.3) is 0 Å². The van der Waals surface area contributed by atoms with Gasteiger partial charge in [-0.2, -0.15) is 26.3 Å². The zero-order valence-corrected chi connectivity index (χ0v) is 18.0. The first-order chi connectivity index (χ1) is 15.3. The summed E-state index contributed by atoms with van der Waals surface area (Å²) >= 11 is 0. The van der Waals surface area contributed by atoms with Gasteiger partial charge in [0.1, 0.15) is 12.4 Å². The third-order valence-electron chi connectivity index (χ3n) is 6.25. The second-order valence-electron chi connectivity index (χ2n) is 8.59. The van der Waals surface area contributed by atoms with Crippen LogP contribution in [0.25, 0.3) is 0 Å². The fourth-order valence-electron chi connectivity index (χ4n) is 4.34. The van der Waals surface area contributed by atoms with Gasteiger partial charge in [-0.3, -0.25) is 4.79 Å². The molecule has 9 heteroatoms. The number of amides is 1. The van der Waals surface area contributed by atoms with Gasteiger partial charge >= 0.3 is 12.4 Å². The van der Waals surface area contributed by atoms with Gasteiger partial charge in [0.15, 0.2) is 0 Å². The van der Waals surface area contributed by atoms with E-state index in [1.54, 1.807) is 18.2 Å². The molecule has 1 aliphatic rings. The predicted molar refractivity (Wildman–Crippen MR) is 110 cm³/mol. The molecule has 0 radical (unpaired) electrons. The Bertz CT molecular complexity index is 953. The van der Waals surface area contributed by atoms with Crippen LogP contribution in [0.2, 0.25) is 0 Å². The van der Waals surface area contributed by atoms with Crippen LogP contribution < -0.4 is 10.5 Å². The molecule has 0 aliphatic heterocycles. The third kappa shape index (κ3) is 6.42. The van der Waals surface area contributed by atoms with Crippen LogP contribution in [0.5, 0.6) is 5.75 Å². The molecule has 3 atom stereocenters. The molecular weight excluding hydrogens is 448 g/mol. The van der Waals surface area contributed by atoms with E-state index < -0.39 is 30.1 Å². The Labute approximate surface area is 187 Å². The summed E-state index contributed by atoms with van der Waals surface area (Å²) in [5, 5.41) is 0. The van der Waals surface area contributed by atoms with Crippen molar-refractivity contribution in [2.24, 2.45) is 17.6 Å². The van der Waals surface area contributed by atoms with E-state index in [0.717, 1.165) is 31.2 Å². The fourth-order valence-corrected chi connectivity index (χ4v) is 4.34. The lowest BCUT2D eigenvalue weighted by Gasteiger charge is -2.32. The first-order valence-corrected chi connectivity index (χ1v) is 10.6. The smallest absolute Gasteiger partial charge is 0.416 e. The second kappa shape index (κ2) is 9.65. The van der Waals surface area contributed by atoms with E-state index in [9.17, 15) is 31.1 Å². The highest BCUT2D eigenvalue weighted by molar-refractivity contribution is 5.76. The quantitative estimate of drug-likeness (QED) is 0.475. The largest absolute Gasteiger partial charge is 0.489 e. The molecule has 2 aromatic carbocycles. The second-order valence-corrected chi connectivity index (χ2v) is 8.59. The van der Waals surface area contributed by atoms with Gasteiger partial charge in [-0.1, -0.05) is 25.5 Å². The highest BCUT2D eigenvalue weighted by Crippen LogP contribution is 2.40. The van der Waals surface area contributed by atoms with Gasteiger partial charge in [0.05, 0.1) is 11.1 Å². The summed E-state index contributed by atoms with van der Waals surface area (Å²) in [6.07, 6.45) is -6.29. The number of carbonyl (C=O) groups excluding carboxylic acids is 1. The number of primary amides is 1. The molecule has 1 amide bonds. The average Bonchev–Trinajstić information content (AvgIpc) is 2.76. The SMILES string of the molecule is CC(C(N)=O)C1CCCC(c2cccc(OCc3cc(C(F)(F)F)cc(C(F)(F)F)c3)c2)C1. The monoisotopic (exact) mass is 473 g/mol. The van der Waals surface area contributed by atoms with Crippen LogP contribution in [0.15, 0.2) is 42.5 Å². The zero-order chi connectivity index (χ0) is 24.4. The molecule has 0 aromatic heterocycles. The van der Waals surface area contributed by atoms with Crippen molar-refractivity contribution >= 4 is 5.91 Å². The Morgan fingerprint density at radius 3 is 2.24 bits per heavy atom. The van der Waals surface area contributed by atoms with Crippen molar-refractivity contribution in [3.63, 3.8) is 0 Å². The van der Waals surface area contributed by atoms with E-state index in [-0.39, 0.29) is 35.3 Å². The van der Waals surface area contributed by atoms with Crippen molar-refractivity contribution in [3.05, 3.63) is 64.7 Å². The minimum absolute atomic E-state index is 0.0939. The molecule has 1 saturated carbocycles. The molecule has 1 fully saturated rings. The van der Waals surface area contributed by atoms with Crippen LogP contribution in [0.4, 0.5) is 26.3 Å². The minimum Gasteiger partial charge on any atom is -0.489 e. The summed E-state index contributed by atoms with van der Waals surface area (Å²) in [6, 6.07) is 8.41. The minimum atomic E-state index is -4.91. The number of halogens is 6. The molecule has 2 aromatic rings. The number of alkyl halides is 6. The first-order valence-electron chi connectivity index (χ1n) is 10.6. The van der Waals surface area contributed by atoms with Crippen molar-refractivity contribution in [1.29, 1.82) is 0 Å². The molecule has 180 valence electrons. The van der Waals surface area contributed by atoms with Crippen molar-refractivity contribution in [2.75, 3.05) is 0 Å². The van der Waals surface area contributed by atoms with Gasteiger partial charge < -0.3 is 10.5 Å². The van der Waals surface area contributed by atoms with E-state index in [4.69, 9.17) is 10.5 Å². The van der Waals surface area contributed by atoms with Crippen LogP contribution in [-0.2, 0) is 23.8 Å². The van der Waals surface area contributed by atoms with Crippen LogP contribution in [0.3, 0.4) is 0 Å². The maximum atomic E-state index is 13.1. The van der Waals surface area contributed by atoms with Gasteiger partial charge in [0.2, 0.25) is 5.91 Å². The lowest BCUT2D eigenvalue weighted by molar-refractivity contribution is -0.143. The lowest BCUT2D eigenvalue weighted by atomic mass is 9.73. The number of carbonyl (C=O) groups is 1. The van der Waals surface area contributed by atoms with E-state index in [0.29, 0.717) is 17.9 Å². The molecule has 1 aliphatic carbocycles. The summed E-state index contributed by atoms with van der Waals surface area (Å²) in [4.78, 5) is 11.5. The summed E-state index contributed by atoms with van der Waals surface area (Å²) in [5.41, 5.74) is 3.42. The van der Waals surface area contributed by atoms with Gasteiger partial charge in [-0.25, -0.2) is 0 Å². The van der Waals surface area contributed by atoms with Crippen molar-refractivity contribution in [1.82, 2.24) is 0 Å². The number of hydrogen-bond donors (Lipinski definition) is 1. The Hall–Kier alpha value is -2.71. The lowest BCUT2D eigenvalue weighted by Crippen LogP contribution is -2.30. The summed E-state index contributed by atoms with van der Waals surface area (Å²) < 4.78 is 83.9. The standard InChI is InChI=1S/C24H25F6NO2/c1-14(22(31)32)16-4-2-5-17(10-16)18-6-3-7-21(11-18)33-13-15-8-19(23(25,26)27)12-20(9-15)24(28,29)30/h3,6-9,11-12,14,16-17H,2,4-5,10,13H2,1H3,(H2,31,32). The van der Waals surface area contributed by atoms with E-state index in [2.05, 4.69) is 0 Å². The molecule has 0 spiro atoms. The number of benzene rings is 2. The van der Waals surface area contributed by atoms with Crippen LogP contribution in [-0.4, -0.2) is 5.91 Å².